The van der Waals surface area contributed by atoms with Gasteiger partial charge in [0.2, 0.25) is 6.41 Å². The van der Waals surface area contributed by atoms with E-state index in [2.05, 4.69) is 41.7 Å². The van der Waals surface area contributed by atoms with Crippen LogP contribution in [-0.2, 0) is 27.2 Å². The maximum Gasteiger partial charge on any atom is 0.306 e. The molecule has 1 atom stereocenters. The number of hydrogen-bond donors (Lipinski definition) is 2. The maximum absolute atomic E-state index is 11.6. The smallest absolute Gasteiger partial charge is 0.306 e. The van der Waals surface area contributed by atoms with Gasteiger partial charge in [0.15, 0.2) is 0 Å². The zero-order chi connectivity index (χ0) is 22.3. The largest absolute Gasteiger partial charge is 0.466 e. The summed E-state index contributed by atoms with van der Waals surface area (Å²) < 4.78 is 10.8. The highest BCUT2D eigenvalue weighted by Gasteiger charge is 2.28. The minimum absolute atomic E-state index is 0.102. The van der Waals surface area contributed by atoms with Gasteiger partial charge in [0.25, 0.3) is 0 Å². The van der Waals surface area contributed by atoms with E-state index in [0.29, 0.717) is 32.6 Å². The number of aliphatic hydroxyl groups excluding tert-OH is 1. The molecule has 0 radical (unpaired) electrons. The third kappa shape index (κ3) is 5.25. The molecular formula is C27H29NO4. The molecule has 5 heteroatoms. The highest BCUT2D eigenvalue weighted by Crippen LogP contribution is 2.44. The Kier molecular flexibility index (Phi) is 7.32. The number of nitrogens with one attached hydrogen (secondary N) is 1. The molecule has 1 aliphatic carbocycles. The summed E-state index contributed by atoms with van der Waals surface area (Å²) in [4.78, 5) is 11.6. The lowest BCUT2D eigenvalue weighted by Crippen LogP contribution is -2.32. The first kappa shape index (κ1) is 22.2. The number of rotatable bonds is 10. The van der Waals surface area contributed by atoms with Gasteiger partial charge < -0.3 is 14.6 Å². The molecule has 0 saturated heterocycles. The van der Waals surface area contributed by atoms with E-state index in [1.807, 2.05) is 43.3 Å². The fourth-order valence-electron chi connectivity index (χ4n) is 4.27. The molecule has 3 aromatic rings. The molecule has 4 rings (SSSR count). The minimum Gasteiger partial charge on any atom is -0.466 e. The average Bonchev–Trinajstić information content (AvgIpc) is 3.14. The summed E-state index contributed by atoms with van der Waals surface area (Å²) in [5.41, 5.74) is 7.01. The van der Waals surface area contributed by atoms with Crippen LogP contribution in [0.4, 0.5) is 0 Å². The molecule has 0 aromatic heterocycles. The van der Waals surface area contributed by atoms with E-state index in [9.17, 15) is 9.90 Å². The van der Waals surface area contributed by atoms with Crippen LogP contribution in [0.2, 0.25) is 0 Å². The quantitative estimate of drug-likeness (QED) is 0.368. The van der Waals surface area contributed by atoms with E-state index in [-0.39, 0.29) is 11.9 Å². The van der Waals surface area contributed by atoms with E-state index in [4.69, 9.17) is 9.47 Å². The van der Waals surface area contributed by atoms with E-state index in [1.165, 1.54) is 22.3 Å². The van der Waals surface area contributed by atoms with Gasteiger partial charge in [-0.2, -0.15) is 0 Å². The predicted octanol–water partition coefficient (Wildman–Crippen LogP) is 4.38. The third-order valence-electron chi connectivity index (χ3n) is 5.78. The van der Waals surface area contributed by atoms with Gasteiger partial charge in [-0.05, 0) is 46.7 Å². The number of esters is 1. The summed E-state index contributed by atoms with van der Waals surface area (Å²) in [5.74, 6) is -0.0834. The van der Waals surface area contributed by atoms with Crippen molar-refractivity contribution in [1.29, 1.82) is 0 Å². The minimum atomic E-state index is -1.07. The van der Waals surface area contributed by atoms with E-state index in [1.54, 1.807) is 0 Å². The zero-order valence-corrected chi connectivity index (χ0v) is 18.3. The predicted molar refractivity (Wildman–Crippen MR) is 124 cm³/mol. The molecular weight excluding hydrogens is 402 g/mol. The molecule has 32 heavy (non-hydrogen) atoms. The van der Waals surface area contributed by atoms with Gasteiger partial charge in [0.1, 0.15) is 0 Å². The van der Waals surface area contributed by atoms with Crippen molar-refractivity contribution in [3.63, 3.8) is 0 Å². The normalized spacial score (nSPS) is 13.4. The van der Waals surface area contributed by atoms with Gasteiger partial charge in [-0.15, -0.1) is 0 Å². The second-order valence-corrected chi connectivity index (χ2v) is 7.92. The van der Waals surface area contributed by atoms with Crippen molar-refractivity contribution < 1.29 is 19.4 Å². The van der Waals surface area contributed by atoms with Gasteiger partial charge >= 0.3 is 5.97 Å². The Labute approximate surface area is 189 Å². The number of carbonyl (C=O) groups is 1. The van der Waals surface area contributed by atoms with Crippen LogP contribution in [0.25, 0.3) is 11.1 Å². The lowest BCUT2D eigenvalue weighted by Gasteiger charge is -2.18. The topological polar surface area (TPSA) is 67.8 Å². The number of benzene rings is 3. The number of hydrogen-bond acceptors (Lipinski definition) is 5. The van der Waals surface area contributed by atoms with Gasteiger partial charge in [-0.3, -0.25) is 10.1 Å². The van der Waals surface area contributed by atoms with Crippen molar-refractivity contribution in [2.45, 2.75) is 38.6 Å². The van der Waals surface area contributed by atoms with Crippen LogP contribution in [-0.4, -0.2) is 30.7 Å². The molecule has 2 N–H and O–H groups in total. The van der Waals surface area contributed by atoms with Crippen molar-refractivity contribution in [1.82, 2.24) is 5.32 Å². The highest BCUT2D eigenvalue weighted by atomic mass is 16.6. The van der Waals surface area contributed by atoms with Crippen molar-refractivity contribution in [2.75, 3.05) is 13.2 Å². The molecule has 166 valence electrons. The number of fused-ring (bicyclic) bond motifs is 3. The van der Waals surface area contributed by atoms with Crippen LogP contribution in [0.1, 0.15) is 41.5 Å². The summed E-state index contributed by atoms with van der Waals surface area (Å²) in [6.07, 6.45) is -0.0781. The second-order valence-electron chi connectivity index (χ2n) is 7.92. The Morgan fingerprint density at radius 3 is 2.31 bits per heavy atom. The summed E-state index contributed by atoms with van der Waals surface area (Å²) in [5, 5.41) is 13.4. The van der Waals surface area contributed by atoms with Crippen LogP contribution in [0, 0.1) is 0 Å². The summed E-state index contributed by atoms with van der Waals surface area (Å²) in [6, 6.07) is 24.7. The molecule has 0 saturated carbocycles. The van der Waals surface area contributed by atoms with Crippen molar-refractivity contribution >= 4 is 5.97 Å². The third-order valence-corrected chi connectivity index (χ3v) is 5.78. The first-order valence-corrected chi connectivity index (χ1v) is 11.1. The monoisotopic (exact) mass is 431 g/mol. The van der Waals surface area contributed by atoms with Crippen LogP contribution in [0.15, 0.2) is 72.8 Å². The molecule has 1 unspecified atom stereocenters. The van der Waals surface area contributed by atoms with Gasteiger partial charge in [-0.1, -0.05) is 72.8 Å². The SMILES string of the molecule is CCOC(=O)CCc1cccc(CNC(O)OCC2c3ccccc3-c3ccccc32)c1. The average molecular weight is 432 g/mol. The Morgan fingerprint density at radius 1 is 0.969 bits per heavy atom. The highest BCUT2D eigenvalue weighted by molar-refractivity contribution is 5.78. The molecule has 0 aliphatic heterocycles. The molecule has 0 bridgehead atoms. The van der Waals surface area contributed by atoms with Crippen molar-refractivity contribution in [3.8, 4) is 11.1 Å². The number of carbonyl (C=O) groups excluding carboxylic acids is 1. The van der Waals surface area contributed by atoms with Gasteiger partial charge in [0, 0.05) is 18.9 Å². The summed E-state index contributed by atoms with van der Waals surface area (Å²) in [6.45, 7) is 3.06. The van der Waals surface area contributed by atoms with Crippen LogP contribution < -0.4 is 5.32 Å². The molecule has 5 nitrogen and oxygen atoms in total. The first-order valence-electron chi connectivity index (χ1n) is 11.1. The van der Waals surface area contributed by atoms with Gasteiger partial charge in [-0.25, -0.2) is 0 Å². The maximum atomic E-state index is 11.6. The van der Waals surface area contributed by atoms with Gasteiger partial charge in [0.05, 0.1) is 13.2 Å². The Bertz CT molecular complexity index is 1020. The summed E-state index contributed by atoms with van der Waals surface area (Å²) in [7, 11) is 0. The molecule has 0 amide bonds. The molecule has 0 heterocycles. The van der Waals surface area contributed by atoms with E-state index in [0.717, 1.165) is 11.1 Å². The number of aryl methyl sites for hydroxylation is 1. The molecule has 0 fully saturated rings. The molecule has 0 spiro atoms. The Balaban J connectivity index is 1.30. The van der Waals surface area contributed by atoms with Crippen molar-refractivity contribution in [3.05, 3.63) is 95.1 Å². The van der Waals surface area contributed by atoms with E-state index < -0.39 is 6.41 Å². The van der Waals surface area contributed by atoms with Crippen molar-refractivity contribution in [2.24, 2.45) is 0 Å². The number of ether oxygens (including phenoxy) is 2. The Hall–Kier alpha value is -2.99. The van der Waals surface area contributed by atoms with E-state index >= 15 is 0 Å². The first-order chi connectivity index (χ1) is 15.7. The lowest BCUT2D eigenvalue weighted by atomic mass is 9.98. The zero-order valence-electron chi connectivity index (χ0n) is 18.3. The standard InChI is InChI=1S/C27H29NO4/c1-2-31-26(29)15-14-19-8-7-9-20(16-19)17-28-27(30)32-18-25-23-12-5-3-10-21(23)22-11-4-6-13-24(22)25/h3-13,16,25,27-28,30H,2,14-15,17-18H2,1H3. The molecule has 1 aliphatic rings. The summed E-state index contributed by atoms with van der Waals surface area (Å²) >= 11 is 0. The fraction of sp³-hybridized carbons (Fsp3) is 0.296. The second kappa shape index (κ2) is 10.6. The Morgan fingerprint density at radius 2 is 1.62 bits per heavy atom. The fourth-order valence-corrected chi connectivity index (χ4v) is 4.27. The van der Waals surface area contributed by atoms with Crippen LogP contribution >= 0.6 is 0 Å². The molecule has 3 aromatic carbocycles. The van der Waals surface area contributed by atoms with Crippen LogP contribution in [0.3, 0.4) is 0 Å². The van der Waals surface area contributed by atoms with Crippen LogP contribution in [0.5, 0.6) is 0 Å². The lowest BCUT2D eigenvalue weighted by molar-refractivity contribution is -0.143. The number of aliphatic hydroxyl groups is 1.